The van der Waals surface area contributed by atoms with Crippen LogP contribution in [0.1, 0.15) is 48.8 Å². The molecule has 0 fully saturated rings. The van der Waals surface area contributed by atoms with Crippen molar-refractivity contribution in [3.63, 3.8) is 0 Å². The summed E-state index contributed by atoms with van der Waals surface area (Å²) in [5.74, 6) is 0. The van der Waals surface area contributed by atoms with Crippen LogP contribution in [0.3, 0.4) is 0 Å². The fourth-order valence-corrected chi connectivity index (χ4v) is 5.26. The molecule has 3 aromatic carbocycles. The van der Waals surface area contributed by atoms with E-state index in [0.29, 0.717) is 0 Å². The molecular formula is C25H28BrP. The van der Waals surface area contributed by atoms with Gasteiger partial charge in [-0.1, -0.05) is 133 Å². The predicted molar refractivity (Wildman–Crippen MR) is 124 cm³/mol. The van der Waals surface area contributed by atoms with Crippen LogP contribution >= 0.6 is 22.8 Å². The number of hydrogen-bond acceptors (Lipinski definition) is 0. The predicted octanol–water partition coefficient (Wildman–Crippen LogP) is 7.96. The van der Waals surface area contributed by atoms with E-state index < -0.39 is 0 Å². The number of rotatable bonds is 10. The quantitative estimate of drug-likeness (QED) is 0.171. The highest BCUT2D eigenvalue weighted by Gasteiger charge is 2.35. The molecule has 3 aromatic rings. The fraction of sp³-hybridized carbons (Fsp3) is 0.280. The van der Waals surface area contributed by atoms with E-state index in [0.717, 1.165) is 13.7 Å². The van der Waals surface area contributed by atoms with Crippen molar-refractivity contribution in [3.8, 4) is 0 Å². The lowest BCUT2D eigenvalue weighted by molar-refractivity contribution is 0.507. The Kier molecular flexibility index (Phi) is 8.11. The van der Waals surface area contributed by atoms with Crippen molar-refractivity contribution in [2.75, 3.05) is 6.16 Å². The van der Waals surface area contributed by atoms with Gasteiger partial charge in [0.1, 0.15) is 0 Å². The van der Waals surface area contributed by atoms with E-state index >= 15 is 0 Å². The molecule has 0 aliphatic carbocycles. The number of hydrogen-bond donors (Lipinski definition) is 0. The summed E-state index contributed by atoms with van der Waals surface area (Å²) in [6, 6.07) is 33.2. The second-order valence-corrected chi connectivity index (χ2v) is 9.50. The Morgan fingerprint density at radius 1 is 0.556 bits per heavy atom. The summed E-state index contributed by atoms with van der Waals surface area (Å²) < 4.78 is 0. The summed E-state index contributed by atoms with van der Waals surface area (Å²) in [5.41, 5.74) is 4.10. The molecule has 0 N–H and O–H groups in total. The summed E-state index contributed by atoms with van der Waals surface area (Å²) in [7, 11) is 0.904. The number of unbranched alkanes of at least 4 members (excludes halogenated alkanes) is 3. The molecule has 0 bridgehead atoms. The Labute approximate surface area is 173 Å². The molecule has 1 atom stereocenters. The van der Waals surface area contributed by atoms with Crippen LogP contribution in [0.15, 0.2) is 91.0 Å². The van der Waals surface area contributed by atoms with Crippen LogP contribution in [0.25, 0.3) is 0 Å². The standard InChI is InChI=1S/C25H28BrP/c26-27-21-13-2-1-12-20-25(22-14-6-3-7-15-22,23-16-8-4-9-17-23)24-18-10-5-11-19-24/h3-11,14-19,27H,1-2,12-13,20-21H2. The average Bonchev–Trinajstić information content (AvgIpc) is 2.75. The Bertz CT molecular complexity index is 675. The van der Waals surface area contributed by atoms with E-state index in [1.165, 1.54) is 48.5 Å². The van der Waals surface area contributed by atoms with Gasteiger partial charge in [-0.25, -0.2) is 0 Å². The van der Waals surface area contributed by atoms with E-state index in [1.54, 1.807) is 0 Å². The molecule has 0 amide bonds. The highest BCUT2D eigenvalue weighted by molar-refractivity contribution is 9.36. The van der Waals surface area contributed by atoms with Crippen LogP contribution in [0, 0.1) is 0 Å². The minimum absolute atomic E-state index is 0.0824. The van der Waals surface area contributed by atoms with E-state index in [1.807, 2.05) is 0 Å². The van der Waals surface area contributed by atoms with Crippen molar-refractivity contribution >= 4 is 22.8 Å². The van der Waals surface area contributed by atoms with Crippen molar-refractivity contribution < 1.29 is 0 Å². The molecule has 0 aliphatic heterocycles. The number of halogens is 1. The van der Waals surface area contributed by atoms with Crippen LogP contribution in [0.5, 0.6) is 0 Å². The lowest BCUT2D eigenvalue weighted by Crippen LogP contribution is -2.29. The topological polar surface area (TPSA) is 0 Å². The van der Waals surface area contributed by atoms with Gasteiger partial charge in [0, 0.05) is 5.41 Å². The molecule has 0 heterocycles. The zero-order valence-corrected chi connectivity index (χ0v) is 18.4. The minimum Gasteiger partial charge on any atom is -0.0642 e. The van der Waals surface area contributed by atoms with Crippen molar-refractivity contribution in [1.82, 2.24) is 0 Å². The number of benzene rings is 3. The molecule has 2 heteroatoms. The Balaban J connectivity index is 1.98. The van der Waals surface area contributed by atoms with Gasteiger partial charge in [-0.2, -0.15) is 0 Å². The molecule has 0 aliphatic rings. The van der Waals surface area contributed by atoms with Gasteiger partial charge in [0.05, 0.1) is 0 Å². The van der Waals surface area contributed by atoms with E-state index in [-0.39, 0.29) is 5.41 Å². The SMILES string of the molecule is BrPCCCCCCC(c1ccccc1)(c1ccccc1)c1ccccc1. The summed E-state index contributed by atoms with van der Waals surface area (Å²) >= 11 is 3.57. The summed E-state index contributed by atoms with van der Waals surface area (Å²) in [4.78, 5) is 0. The maximum Gasteiger partial charge on any atom is 0.0451 e. The lowest BCUT2D eigenvalue weighted by atomic mass is 9.66. The van der Waals surface area contributed by atoms with Gasteiger partial charge in [-0.15, -0.1) is 0 Å². The molecule has 0 nitrogen and oxygen atoms in total. The molecule has 3 rings (SSSR count). The molecule has 0 aromatic heterocycles. The summed E-state index contributed by atoms with van der Waals surface area (Å²) in [6.45, 7) is 0. The maximum atomic E-state index is 3.57. The smallest absolute Gasteiger partial charge is 0.0451 e. The minimum atomic E-state index is -0.0824. The normalized spacial score (nSPS) is 11.9. The van der Waals surface area contributed by atoms with Gasteiger partial charge in [-0.05, 0) is 35.7 Å². The molecule has 0 saturated carbocycles. The molecule has 140 valence electrons. The van der Waals surface area contributed by atoms with Crippen molar-refractivity contribution in [3.05, 3.63) is 108 Å². The molecule has 27 heavy (non-hydrogen) atoms. The van der Waals surface area contributed by atoms with Crippen LogP contribution in [-0.2, 0) is 5.41 Å². The second kappa shape index (κ2) is 10.8. The van der Waals surface area contributed by atoms with Gasteiger partial charge in [-0.3, -0.25) is 0 Å². The lowest BCUT2D eigenvalue weighted by Gasteiger charge is -2.36. The van der Waals surface area contributed by atoms with Crippen LogP contribution in [0.4, 0.5) is 0 Å². The summed E-state index contributed by atoms with van der Waals surface area (Å²) in [6.07, 6.45) is 7.64. The first-order valence-electron chi connectivity index (χ1n) is 9.88. The highest BCUT2D eigenvalue weighted by Crippen LogP contribution is 2.43. The maximum absolute atomic E-state index is 3.57. The molecular weight excluding hydrogens is 411 g/mol. The largest absolute Gasteiger partial charge is 0.0642 e. The zero-order valence-electron chi connectivity index (χ0n) is 15.8. The Morgan fingerprint density at radius 3 is 1.37 bits per heavy atom. The Morgan fingerprint density at radius 2 is 0.963 bits per heavy atom. The van der Waals surface area contributed by atoms with Crippen molar-refractivity contribution in [2.24, 2.45) is 0 Å². The van der Waals surface area contributed by atoms with Gasteiger partial charge in [0.25, 0.3) is 0 Å². The van der Waals surface area contributed by atoms with Gasteiger partial charge in [0.2, 0.25) is 0 Å². The van der Waals surface area contributed by atoms with Gasteiger partial charge in [0.15, 0.2) is 0 Å². The first-order chi connectivity index (χ1) is 13.4. The van der Waals surface area contributed by atoms with E-state index in [9.17, 15) is 0 Å². The zero-order chi connectivity index (χ0) is 18.8. The molecule has 0 spiro atoms. The van der Waals surface area contributed by atoms with Crippen LogP contribution < -0.4 is 0 Å². The van der Waals surface area contributed by atoms with Crippen molar-refractivity contribution in [2.45, 2.75) is 37.5 Å². The average molecular weight is 439 g/mol. The molecule has 0 saturated heterocycles. The first kappa shape index (κ1) is 20.3. The van der Waals surface area contributed by atoms with Gasteiger partial charge < -0.3 is 0 Å². The third-order valence-corrected chi connectivity index (χ3v) is 7.10. The van der Waals surface area contributed by atoms with Crippen molar-refractivity contribution in [1.29, 1.82) is 0 Å². The first-order valence-corrected chi connectivity index (χ1v) is 13.3. The van der Waals surface area contributed by atoms with E-state index in [4.69, 9.17) is 0 Å². The van der Waals surface area contributed by atoms with E-state index in [2.05, 4.69) is 106 Å². The summed E-state index contributed by atoms with van der Waals surface area (Å²) in [5, 5.41) is 0. The molecule has 1 unspecified atom stereocenters. The van der Waals surface area contributed by atoms with Crippen LogP contribution in [0.2, 0.25) is 0 Å². The third-order valence-electron chi connectivity index (χ3n) is 5.37. The second-order valence-electron chi connectivity index (χ2n) is 7.05. The third kappa shape index (κ3) is 5.09. The van der Waals surface area contributed by atoms with Gasteiger partial charge >= 0.3 is 0 Å². The molecule has 0 radical (unpaired) electrons. The fourth-order valence-electron chi connectivity index (χ4n) is 4.04. The Hall–Kier alpha value is -1.43. The van der Waals surface area contributed by atoms with Crippen LogP contribution in [-0.4, -0.2) is 6.16 Å². The highest BCUT2D eigenvalue weighted by atomic mass is 79.9. The monoisotopic (exact) mass is 438 g/mol.